The average molecular weight is 318 g/mol. The fraction of sp³-hybridized carbons (Fsp3) is 0.412. The Bertz CT molecular complexity index is 700. The number of hydrogen-bond acceptors (Lipinski definition) is 3. The number of benzene rings is 1. The first-order valence-corrected chi connectivity index (χ1v) is 7.62. The highest BCUT2D eigenvalue weighted by molar-refractivity contribution is 6.06. The van der Waals surface area contributed by atoms with E-state index in [4.69, 9.17) is 5.73 Å². The second-order valence-corrected chi connectivity index (χ2v) is 6.25. The van der Waals surface area contributed by atoms with E-state index in [1.165, 1.54) is 0 Å². The van der Waals surface area contributed by atoms with Crippen molar-refractivity contribution in [3.63, 3.8) is 0 Å². The summed E-state index contributed by atoms with van der Waals surface area (Å²) < 4.78 is 0. The molecule has 2 heterocycles. The standard InChI is InChI=1S/C17H19N3O.ClH/c18-15-6-5-11-9-20(10-14(11)15)17(21)13-7-8-19-16-4-2-1-3-12(13)16;/h1-4,7-8,11,14-15H,5-6,9-10,18H2;1H. The minimum Gasteiger partial charge on any atom is -0.338 e. The zero-order chi connectivity index (χ0) is 14.4. The van der Waals surface area contributed by atoms with Crippen LogP contribution in [-0.4, -0.2) is 34.9 Å². The van der Waals surface area contributed by atoms with Crippen LogP contribution in [0.15, 0.2) is 36.5 Å². The smallest absolute Gasteiger partial charge is 0.254 e. The molecule has 1 aliphatic carbocycles. The van der Waals surface area contributed by atoms with Crippen molar-refractivity contribution in [3.8, 4) is 0 Å². The van der Waals surface area contributed by atoms with Gasteiger partial charge in [0.05, 0.1) is 11.1 Å². The molecule has 22 heavy (non-hydrogen) atoms. The third-order valence-corrected chi connectivity index (χ3v) is 5.08. The lowest BCUT2D eigenvalue weighted by molar-refractivity contribution is 0.0781. The fourth-order valence-electron chi connectivity index (χ4n) is 3.93. The van der Waals surface area contributed by atoms with Crippen LogP contribution in [0, 0.1) is 11.8 Å². The molecular weight excluding hydrogens is 298 g/mol. The Balaban J connectivity index is 0.00000144. The Hall–Kier alpha value is -1.65. The van der Waals surface area contributed by atoms with E-state index < -0.39 is 0 Å². The lowest BCUT2D eigenvalue weighted by Crippen LogP contribution is -2.33. The molecule has 4 rings (SSSR count). The van der Waals surface area contributed by atoms with Crippen LogP contribution in [0.25, 0.3) is 10.9 Å². The van der Waals surface area contributed by atoms with Gasteiger partial charge in [0.15, 0.2) is 0 Å². The molecule has 2 aliphatic rings. The van der Waals surface area contributed by atoms with Gasteiger partial charge in [0.25, 0.3) is 5.91 Å². The predicted octanol–water partition coefficient (Wildman–Crippen LogP) is 2.47. The summed E-state index contributed by atoms with van der Waals surface area (Å²) in [6.07, 6.45) is 3.99. The lowest BCUT2D eigenvalue weighted by Gasteiger charge is -2.19. The van der Waals surface area contributed by atoms with E-state index in [-0.39, 0.29) is 24.4 Å². The van der Waals surface area contributed by atoms with E-state index in [0.717, 1.165) is 42.4 Å². The summed E-state index contributed by atoms with van der Waals surface area (Å²) >= 11 is 0. The molecule has 0 radical (unpaired) electrons. The molecule has 1 saturated heterocycles. The van der Waals surface area contributed by atoms with Gasteiger partial charge in [-0.05, 0) is 36.8 Å². The zero-order valence-electron chi connectivity index (χ0n) is 12.3. The quantitative estimate of drug-likeness (QED) is 0.879. The summed E-state index contributed by atoms with van der Waals surface area (Å²) in [5.41, 5.74) is 7.80. The number of rotatable bonds is 1. The first-order chi connectivity index (χ1) is 10.2. The van der Waals surface area contributed by atoms with Gasteiger partial charge < -0.3 is 10.6 Å². The van der Waals surface area contributed by atoms with Crippen LogP contribution >= 0.6 is 12.4 Å². The molecule has 0 bridgehead atoms. The summed E-state index contributed by atoms with van der Waals surface area (Å²) in [6, 6.07) is 9.91. The first kappa shape index (κ1) is 15.3. The molecule has 4 nitrogen and oxygen atoms in total. The molecule has 1 aromatic heterocycles. The number of pyridine rings is 1. The SMILES string of the molecule is Cl.NC1CCC2CN(C(=O)c3ccnc4ccccc34)CC12. The molecule has 1 aliphatic heterocycles. The van der Waals surface area contributed by atoms with Crippen molar-refractivity contribution >= 4 is 29.2 Å². The Labute approximate surface area is 136 Å². The normalized spacial score (nSPS) is 26.8. The van der Waals surface area contributed by atoms with Crippen LogP contribution < -0.4 is 5.73 Å². The molecule has 3 atom stereocenters. The van der Waals surface area contributed by atoms with Crippen LogP contribution in [0.3, 0.4) is 0 Å². The van der Waals surface area contributed by atoms with E-state index in [1.54, 1.807) is 6.20 Å². The van der Waals surface area contributed by atoms with Crippen LogP contribution in [0.4, 0.5) is 0 Å². The van der Waals surface area contributed by atoms with Gasteiger partial charge in [-0.2, -0.15) is 0 Å². The lowest BCUT2D eigenvalue weighted by atomic mass is 9.98. The average Bonchev–Trinajstić information content (AvgIpc) is 3.08. The summed E-state index contributed by atoms with van der Waals surface area (Å²) in [5, 5.41) is 0.936. The summed E-state index contributed by atoms with van der Waals surface area (Å²) in [4.78, 5) is 19.2. The molecule has 3 unspecified atom stereocenters. The highest BCUT2D eigenvalue weighted by atomic mass is 35.5. The van der Waals surface area contributed by atoms with Crippen molar-refractivity contribution in [1.29, 1.82) is 0 Å². The molecule has 2 N–H and O–H groups in total. The molecule has 1 aromatic carbocycles. The zero-order valence-corrected chi connectivity index (χ0v) is 13.1. The Kier molecular flexibility index (Phi) is 4.06. The predicted molar refractivity (Wildman–Crippen MR) is 89.1 cm³/mol. The topological polar surface area (TPSA) is 59.2 Å². The second kappa shape index (κ2) is 5.86. The van der Waals surface area contributed by atoms with Crippen molar-refractivity contribution in [3.05, 3.63) is 42.1 Å². The Morgan fingerprint density at radius 2 is 2.00 bits per heavy atom. The third-order valence-electron chi connectivity index (χ3n) is 5.08. The van der Waals surface area contributed by atoms with E-state index >= 15 is 0 Å². The number of hydrogen-bond donors (Lipinski definition) is 1. The minimum atomic E-state index is 0. The number of carbonyl (C=O) groups excluding carboxylic acids is 1. The molecule has 1 amide bonds. The molecule has 5 heteroatoms. The van der Waals surface area contributed by atoms with Gasteiger partial charge in [-0.15, -0.1) is 12.4 Å². The van der Waals surface area contributed by atoms with Crippen LogP contribution in [-0.2, 0) is 0 Å². The molecular formula is C17H20ClN3O. The molecule has 2 fully saturated rings. The van der Waals surface area contributed by atoms with Gasteiger partial charge in [0, 0.05) is 30.7 Å². The van der Waals surface area contributed by atoms with Gasteiger partial charge in [0.2, 0.25) is 0 Å². The van der Waals surface area contributed by atoms with Crippen molar-refractivity contribution in [1.82, 2.24) is 9.88 Å². The van der Waals surface area contributed by atoms with E-state index in [9.17, 15) is 4.79 Å². The number of halogens is 1. The number of fused-ring (bicyclic) bond motifs is 2. The van der Waals surface area contributed by atoms with E-state index in [0.29, 0.717) is 11.8 Å². The van der Waals surface area contributed by atoms with Crippen molar-refractivity contribution < 1.29 is 4.79 Å². The van der Waals surface area contributed by atoms with Gasteiger partial charge in [-0.3, -0.25) is 9.78 Å². The maximum absolute atomic E-state index is 12.9. The number of likely N-dealkylation sites (tertiary alicyclic amines) is 1. The number of carbonyl (C=O) groups is 1. The van der Waals surface area contributed by atoms with Crippen molar-refractivity contribution in [2.24, 2.45) is 17.6 Å². The Morgan fingerprint density at radius 3 is 2.82 bits per heavy atom. The Morgan fingerprint density at radius 1 is 1.18 bits per heavy atom. The van der Waals surface area contributed by atoms with E-state index in [1.807, 2.05) is 35.2 Å². The minimum absolute atomic E-state index is 0. The number of amides is 1. The first-order valence-electron chi connectivity index (χ1n) is 7.62. The van der Waals surface area contributed by atoms with Gasteiger partial charge in [-0.1, -0.05) is 18.2 Å². The summed E-state index contributed by atoms with van der Waals surface area (Å²) in [7, 11) is 0. The van der Waals surface area contributed by atoms with Crippen molar-refractivity contribution in [2.75, 3.05) is 13.1 Å². The maximum Gasteiger partial charge on any atom is 0.254 e. The molecule has 1 saturated carbocycles. The van der Waals surface area contributed by atoms with Gasteiger partial charge >= 0.3 is 0 Å². The van der Waals surface area contributed by atoms with Gasteiger partial charge in [-0.25, -0.2) is 0 Å². The largest absolute Gasteiger partial charge is 0.338 e. The highest BCUT2D eigenvalue weighted by Crippen LogP contribution is 2.37. The molecule has 0 spiro atoms. The summed E-state index contributed by atoms with van der Waals surface area (Å²) in [6.45, 7) is 1.66. The maximum atomic E-state index is 12.9. The van der Waals surface area contributed by atoms with Crippen molar-refractivity contribution in [2.45, 2.75) is 18.9 Å². The number of aromatic nitrogens is 1. The van der Waals surface area contributed by atoms with Crippen LogP contribution in [0.5, 0.6) is 0 Å². The van der Waals surface area contributed by atoms with Crippen LogP contribution in [0.1, 0.15) is 23.2 Å². The van der Waals surface area contributed by atoms with E-state index in [2.05, 4.69) is 4.98 Å². The summed E-state index contributed by atoms with van der Waals surface area (Å²) in [5.74, 6) is 1.20. The number of para-hydroxylation sites is 1. The highest BCUT2D eigenvalue weighted by Gasteiger charge is 2.42. The number of nitrogens with two attached hydrogens (primary N) is 1. The number of nitrogens with zero attached hydrogens (tertiary/aromatic N) is 2. The third kappa shape index (κ3) is 2.36. The molecule has 116 valence electrons. The van der Waals surface area contributed by atoms with Crippen LogP contribution in [0.2, 0.25) is 0 Å². The fourth-order valence-corrected chi connectivity index (χ4v) is 3.93. The van der Waals surface area contributed by atoms with Gasteiger partial charge in [0.1, 0.15) is 0 Å². The monoisotopic (exact) mass is 317 g/mol. The second-order valence-electron chi connectivity index (χ2n) is 6.25. The molecule has 2 aromatic rings.